The second kappa shape index (κ2) is 5.38. The summed E-state index contributed by atoms with van der Waals surface area (Å²) in [5.41, 5.74) is 1.76. The zero-order chi connectivity index (χ0) is 13.1. The molecule has 0 atom stereocenters. The molecule has 0 amide bonds. The van der Waals surface area contributed by atoms with Crippen molar-refractivity contribution in [1.82, 2.24) is 15.0 Å². The van der Waals surface area contributed by atoms with Crippen LogP contribution in [0.4, 0.5) is 0 Å². The monoisotopic (exact) mass is 280 g/mol. The van der Waals surface area contributed by atoms with Gasteiger partial charge in [0.05, 0.1) is 10.0 Å². The molecule has 0 aliphatic rings. The molecule has 0 saturated carbocycles. The predicted octanol–water partition coefficient (Wildman–Crippen LogP) is 3.53. The Kier molecular flexibility index (Phi) is 3.85. The highest BCUT2D eigenvalue weighted by atomic mass is 35.5. The van der Waals surface area contributed by atoms with Gasteiger partial charge in [0.1, 0.15) is 11.8 Å². The van der Waals surface area contributed by atoms with Crippen LogP contribution in [0.5, 0.6) is 0 Å². The van der Waals surface area contributed by atoms with Gasteiger partial charge in [0.25, 0.3) is 0 Å². The third-order valence-electron chi connectivity index (χ3n) is 2.47. The van der Waals surface area contributed by atoms with E-state index in [9.17, 15) is 0 Å². The minimum absolute atomic E-state index is 0.293. The second-order valence-corrected chi connectivity index (χ2v) is 4.56. The molecule has 6 heteroatoms. The maximum Gasteiger partial charge on any atom is 0.190 e. The van der Waals surface area contributed by atoms with Crippen LogP contribution in [0.25, 0.3) is 11.3 Å². The van der Waals surface area contributed by atoms with E-state index in [-0.39, 0.29) is 0 Å². The lowest BCUT2D eigenvalue weighted by molar-refractivity contribution is 0.584. The molecular weight excluding hydrogens is 271 g/mol. The Morgan fingerprint density at radius 2 is 2.11 bits per heavy atom. The molecule has 1 heterocycles. The quantitative estimate of drug-likeness (QED) is 0.864. The zero-order valence-electron chi connectivity index (χ0n) is 9.69. The Balaban J connectivity index is 2.58. The van der Waals surface area contributed by atoms with Crippen molar-refractivity contribution in [2.24, 2.45) is 0 Å². The van der Waals surface area contributed by atoms with Crippen molar-refractivity contribution in [2.75, 3.05) is 0 Å². The number of aryl methyl sites for hydroxylation is 1. The molecule has 0 saturated heterocycles. The number of nitriles is 1. The van der Waals surface area contributed by atoms with Gasteiger partial charge in [0.15, 0.2) is 5.69 Å². The number of benzene rings is 1. The van der Waals surface area contributed by atoms with Crippen molar-refractivity contribution in [1.29, 1.82) is 5.26 Å². The first kappa shape index (κ1) is 12.9. The fraction of sp³-hybridized carbons (Fsp3) is 0.250. The van der Waals surface area contributed by atoms with Crippen molar-refractivity contribution in [2.45, 2.75) is 19.9 Å². The van der Waals surface area contributed by atoms with Gasteiger partial charge in [-0.3, -0.25) is 0 Å². The number of nitrogens with zero attached hydrogens (tertiary/aromatic N) is 4. The summed E-state index contributed by atoms with van der Waals surface area (Å²) in [6.45, 7) is 2.73. The van der Waals surface area contributed by atoms with E-state index in [0.717, 1.165) is 12.0 Å². The lowest BCUT2D eigenvalue weighted by atomic mass is 10.1. The lowest BCUT2D eigenvalue weighted by Crippen LogP contribution is -2.02. The Morgan fingerprint density at radius 3 is 2.72 bits per heavy atom. The molecule has 0 aliphatic heterocycles. The highest BCUT2D eigenvalue weighted by Crippen LogP contribution is 2.29. The first-order valence-electron chi connectivity index (χ1n) is 5.46. The SMILES string of the molecule is CCCn1nnc(C#N)c1-c1ccc(Cl)c(Cl)c1. The van der Waals surface area contributed by atoms with Gasteiger partial charge in [-0.2, -0.15) is 5.26 Å². The molecule has 4 nitrogen and oxygen atoms in total. The maximum absolute atomic E-state index is 9.06. The van der Waals surface area contributed by atoms with Crippen LogP contribution in [0.3, 0.4) is 0 Å². The van der Waals surface area contributed by atoms with Crippen LogP contribution in [0, 0.1) is 11.3 Å². The van der Waals surface area contributed by atoms with E-state index in [4.69, 9.17) is 28.5 Å². The zero-order valence-corrected chi connectivity index (χ0v) is 11.2. The van der Waals surface area contributed by atoms with Gasteiger partial charge in [-0.1, -0.05) is 41.4 Å². The molecular formula is C12H10Cl2N4. The van der Waals surface area contributed by atoms with Crippen molar-refractivity contribution < 1.29 is 0 Å². The van der Waals surface area contributed by atoms with Crippen LogP contribution in [-0.4, -0.2) is 15.0 Å². The lowest BCUT2D eigenvalue weighted by Gasteiger charge is -2.06. The Morgan fingerprint density at radius 1 is 1.33 bits per heavy atom. The summed E-state index contributed by atoms with van der Waals surface area (Å²) < 4.78 is 1.71. The van der Waals surface area contributed by atoms with E-state index < -0.39 is 0 Å². The van der Waals surface area contributed by atoms with Crippen LogP contribution in [0.2, 0.25) is 10.0 Å². The third kappa shape index (κ3) is 2.33. The molecule has 1 aromatic carbocycles. The molecule has 0 N–H and O–H groups in total. The third-order valence-corrected chi connectivity index (χ3v) is 3.21. The summed E-state index contributed by atoms with van der Waals surface area (Å²) in [4.78, 5) is 0. The Bertz CT molecular complexity index is 613. The minimum Gasteiger partial charge on any atom is -0.243 e. The number of rotatable bonds is 3. The van der Waals surface area contributed by atoms with E-state index in [1.54, 1.807) is 22.9 Å². The van der Waals surface area contributed by atoms with Crippen molar-refractivity contribution >= 4 is 23.2 Å². The highest BCUT2D eigenvalue weighted by molar-refractivity contribution is 6.42. The van der Waals surface area contributed by atoms with E-state index in [1.165, 1.54) is 0 Å². The van der Waals surface area contributed by atoms with Crippen molar-refractivity contribution in [3.8, 4) is 17.3 Å². The first-order chi connectivity index (χ1) is 8.67. The Labute approximate surface area is 115 Å². The van der Waals surface area contributed by atoms with Crippen LogP contribution >= 0.6 is 23.2 Å². The molecule has 0 aliphatic carbocycles. The number of hydrogen-bond donors (Lipinski definition) is 0. The van der Waals surface area contributed by atoms with E-state index >= 15 is 0 Å². The molecule has 1 aromatic heterocycles. The van der Waals surface area contributed by atoms with Gasteiger partial charge in [0, 0.05) is 12.1 Å². The normalized spacial score (nSPS) is 10.3. The highest BCUT2D eigenvalue weighted by Gasteiger charge is 2.15. The summed E-state index contributed by atoms with van der Waals surface area (Å²) in [6, 6.07) is 7.26. The van der Waals surface area contributed by atoms with Gasteiger partial charge >= 0.3 is 0 Å². The Hall–Kier alpha value is -1.57. The minimum atomic E-state index is 0.293. The average molecular weight is 281 g/mol. The van der Waals surface area contributed by atoms with E-state index in [2.05, 4.69) is 10.3 Å². The van der Waals surface area contributed by atoms with Crippen molar-refractivity contribution in [3.05, 3.63) is 33.9 Å². The fourth-order valence-electron chi connectivity index (χ4n) is 1.69. The van der Waals surface area contributed by atoms with Gasteiger partial charge in [-0.15, -0.1) is 5.10 Å². The first-order valence-corrected chi connectivity index (χ1v) is 6.22. The smallest absolute Gasteiger partial charge is 0.190 e. The van der Waals surface area contributed by atoms with Gasteiger partial charge < -0.3 is 0 Å². The van der Waals surface area contributed by atoms with Gasteiger partial charge in [-0.05, 0) is 18.6 Å². The van der Waals surface area contributed by atoms with Crippen LogP contribution < -0.4 is 0 Å². The molecule has 0 unspecified atom stereocenters. The molecule has 18 heavy (non-hydrogen) atoms. The molecule has 0 spiro atoms. The summed E-state index contributed by atoms with van der Waals surface area (Å²) in [7, 11) is 0. The predicted molar refractivity (Wildman–Crippen MR) is 70.5 cm³/mol. The van der Waals surface area contributed by atoms with Gasteiger partial charge in [-0.25, -0.2) is 4.68 Å². The van der Waals surface area contributed by atoms with Crippen LogP contribution in [0.15, 0.2) is 18.2 Å². The van der Waals surface area contributed by atoms with Crippen molar-refractivity contribution in [3.63, 3.8) is 0 Å². The summed E-state index contributed by atoms with van der Waals surface area (Å²) in [5, 5.41) is 17.8. The molecule has 0 bridgehead atoms. The summed E-state index contributed by atoms with van der Waals surface area (Å²) >= 11 is 11.9. The molecule has 2 aromatic rings. The standard InChI is InChI=1S/C12H10Cl2N4/c1-2-5-18-12(11(7-15)16-17-18)8-3-4-9(13)10(14)6-8/h3-4,6H,2,5H2,1H3. The average Bonchev–Trinajstić information content (AvgIpc) is 2.76. The van der Waals surface area contributed by atoms with Crippen LogP contribution in [0.1, 0.15) is 19.0 Å². The maximum atomic E-state index is 9.06. The molecule has 92 valence electrons. The number of halogens is 2. The molecule has 0 fully saturated rings. The fourth-order valence-corrected chi connectivity index (χ4v) is 1.98. The molecule has 2 rings (SSSR count). The number of aromatic nitrogens is 3. The topological polar surface area (TPSA) is 54.5 Å². The van der Waals surface area contributed by atoms with Gasteiger partial charge in [0.2, 0.25) is 0 Å². The van der Waals surface area contributed by atoms with Crippen LogP contribution in [-0.2, 0) is 6.54 Å². The van der Waals surface area contributed by atoms with E-state index in [0.29, 0.717) is 28.0 Å². The molecule has 0 radical (unpaired) electrons. The number of hydrogen-bond acceptors (Lipinski definition) is 3. The van der Waals surface area contributed by atoms with E-state index in [1.807, 2.05) is 13.0 Å². The largest absolute Gasteiger partial charge is 0.243 e. The second-order valence-electron chi connectivity index (χ2n) is 3.75. The summed E-state index contributed by atoms with van der Waals surface area (Å²) in [5.74, 6) is 0. The summed E-state index contributed by atoms with van der Waals surface area (Å²) in [6.07, 6.45) is 0.905.